The second kappa shape index (κ2) is 9.76. The van der Waals surface area contributed by atoms with Gasteiger partial charge in [0.25, 0.3) is 0 Å². The van der Waals surface area contributed by atoms with E-state index in [2.05, 4.69) is 4.90 Å². The van der Waals surface area contributed by atoms with E-state index in [1.54, 1.807) is 12.1 Å². The van der Waals surface area contributed by atoms with Crippen LogP contribution in [-0.2, 0) is 11.3 Å². The summed E-state index contributed by atoms with van der Waals surface area (Å²) < 4.78 is 25.3. The lowest BCUT2D eigenvalue weighted by atomic mass is 9.98. The molecule has 1 atom stereocenters. The zero-order valence-corrected chi connectivity index (χ0v) is 19.0. The lowest BCUT2D eigenvalue weighted by Crippen LogP contribution is -2.37. The Morgan fingerprint density at radius 3 is 2.55 bits per heavy atom. The highest BCUT2D eigenvalue weighted by molar-refractivity contribution is 6.34. The third-order valence-electron chi connectivity index (χ3n) is 5.93. The van der Waals surface area contributed by atoms with Gasteiger partial charge in [-0.15, -0.1) is 0 Å². The fourth-order valence-electron chi connectivity index (χ4n) is 4.28. The van der Waals surface area contributed by atoms with E-state index in [1.165, 1.54) is 13.2 Å². The first-order chi connectivity index (χ1) is 14.9. The molecule has 0 spiro atoms. The Balaban J connectivity index is 1.40. The lowest BCUT2D eigenvalue weighted by molar-refractivity contribution is 0.0595. The highest BCUT2D eigenvalue weighted by Gasteiger charge is 2.30. The smallest absolute Gasteiger partial charge is 0.340 e. The molecule has 0 aromatic heterocycles. The van der Waals surface area contributed by atoms with Gasteiger partial charge in [-0.05, 0) is 73.5 Å². The predicted octanol–water partition coefficient (Wildman–Crippen LogP) is 6.09. The van der Waals surface area contributed by atoms with E-state index in [4.69, 9.17) is 32.7 Å². The summed E-state index contributed by atoms with van der Waals surface area (Å²) in [5.41, 5.74) is 1.97. The summed E-state index contributed by atoms with van der Waals surface area (Å²) in [7, 11) is 1.26. The van der Waals surface area contributed by atoms with E-state index in [0.717, 1.165) is 56.4 Å². The molecule has 0 bridgehead atoms. The number of piperidine rings is 1. The number of hydrogen-bond donors (Lipinski definition) is 0. The van der Waals surface area contributed by atoms with Gasteiger partial charge in [-0.25, -0.2) is 9.18 Å². The summed E-state index contributed by atoms with van der Waals surface area (Å²) in [6, 6.07) is 8.57. The first kappa shape index (κ1) is 22.4. The third kappa shape index (κ3) is 5.71. The number of carbonyl (C=O) groups is 1. The van der Waals surface area contributed by atoms with Crippen LogP contribution in [0, 0.1) is 11.7 Å². The number of halogens is 3. The molecular formula is C24H26Cl2FNO3. The number of carbonyl (C=O) groups excluding carboxylic acids is 1. The molecule has 1 saturated carbocycles. The van der Waals surface area contributed by atoms with Crippen molar-refractivity contribution in [1.29, 1.82) is 0 Å². The fraction of sp³-hybridized carbons (Fsp3) is 0.458. The van der Waals surface area contributed by atoms with Crippen LogP contribution in [0.2, 0.25) is 10.0 Å². The van der Waals surface area contributed by atoms with Gasteiger partial charge in [0.2, 0.25) is 0 Å². The van der Waals surface area contributed by atoms with Crippen LogP contribution in [0.4, 0.5) is 4.39 Å². The molecule has 0 amide bonds. The van der Waals surface area contributed by atoms with Gasteiger partial charge in [0.15, 0.2) is 0 Å². The summed E-state index contributed by atoms with van der Waals surface area (Å²) in [5.74, 6) is -0.0380. The molecule has 2 aliphatic rings. The second-order valence-corrected chi connectivity index (χ2v) is 9.34. The molecule has 1 heterocycles. The Bertz CT molecular complexity index is 944. The standard InChI is InChI=1S/C24H26Cl2FNO3/c1-30-24(29)21-10-20(17-4-5-17)23(11-22(21)27)31-14-15-3-2-6-28(12-15)13-16-7-18(25)9-19(26)8-16/h7-11,15,17H,2-6,12-14H2,1H3/t15-/m0/s1. The molecule has 0 radical (unpaired) electrons. The number of ether oxygens (including phenoxy) is 2. The Hall–Kier alpha value is -1.82. The Morgan fingerprint density at radius 1 is 1.13 bits per heavy atom. The maximum absolute atomic E-state index is 14.5. The molecule has 7 heteroatoms. The van der Waals surface area contributed by atoms with Gasteiger partial charge in [0, 0.05) is 35.1 Å². The molecule has 1 aliphatic heterocycles. The number of methoxy groups -OCH3 is 1. The van der Waals surface area contributed by atoms with Crippen LogP contribution in [0.1, 0.15) is 53.1 Å². The van der Waals surface area contributed by atoms with Crippen molar-refractivity contribution in [2.45, 2.75) is 38.1 Å². The van der Waals surface area contributed by atoms with Crippen LogP contribution in [0.5, 0.6) is 5.75 Å². The number of likely N-dealkylation sites (tertiary alicyclic amines) is 1. The maximum Gasteiger partial charge on any atom is 0.340 e. The highest BCUT2D eigenvalue weighted by Crippen LogP contribution is 2.45. The first-order valence-corrected chi connectivity index (χ1v) is 11.4. The Morgan fingerprint density at radius 2 is 1.87 bits per heavy atom. The Labute approximate surface area is 192 Å². The zero-order valence-electron chi connectivity index (χ0n) is 17.5. The summed E-state index contributed by atoms with van der Waals surface area (Å²) in [6.07, 6.45) is 4.20. The molecule has 4 nitrogen and oxygen atoms in total. The minimum atomic E-state index is -0.657. The van der Waals surface area contributed by atoms with Crippen LogP contribution in [0.25, 0.3) is 0 Å². The lowest BCUT2D eigenvalue weighted by Gasteiger charge is -2.33. The van der Waals surface area contributed by atoms with Crippen LogP contribution in [-0.4, -0.2) is 37.7 Å². The van der Waals surface area contributed by atoms with Crippen molar-refractivity contribution in [2.24, 2.45) is 5.92 Å². The van der Waals surface area contributed by atoms with Crippen LogP contribution in [0.3, 0.4) is 0 Å². The monoisotopic (exact) mass is 465 g/mol. The quantitative estimate of drug-likeness (QED) is 0.463. The van der Waals surface area contributed by atoms with Crippen molar-refractivity contribution in [3.8, 4) is 5.75 Å². The van der Waals surface area contributed by atoms with Crippen molar-refractivity contribution in [1.82, 2.24) is 4.90 Å². The average molecular weight is 466 g/mol. The molecule has 1 saturated heterocycles. The van der Waals surface area contributed by atoms with Gasteiger partial charge in [-0.3, -0.25) is 4.90 Å². The average Bonchev–Trinajstić information content (AvgIpc) is 3.56. The molecule has 1 aliphatic carbocycles. The minimum Gasteiger partial charge on any atom is -0.493 e. The third-order valence-corrected chi connectivity index (χ3v) is 6.36. The molecular weight excluding hydrogens is 440 g/mol. The minimum absolute atomic E-state index is 0.0271. The summed E-state index contributed by atoms with van der Waals surface area (Å²) in [6.45, 7) is 3.21. The second-order valence-electron chi connectivity index (χ2n) is 8.47. The van der Waals surface area contributed by atoms with Crippen molar-refractivity contribution in [3.63, 3.8) is 0 Å². The van der Waals surface area contributed by atoms with E-state index in [1.807, 2.05) is 12.1 Å². The number of rotatable bonds is 7. The van der Waals surface area contributed by atoms with Crippen LogP contribution >= 0.6 is 23.2 Å². The number of esters is 1. The largest absolute Gasteiger partial charge is 0.493 e. The van der Waals surface area contributed by atoms with Gasteiger partial charge >= 0.3 is 5.97 Å². The van der Waals surface area contributed by atoms with Crippen molar-refractivity contribution in [2.75, 3.05) is 26.8 Å². The molecule has 0 N–H and O–H groups in total. The van der Waals surface area contributed by atoms with Gasteiger partial charge in [-0.1, -0.05) is 23.2 Å². The molecule has 0 unspecified atom stereocenters. The number of benzene rings is 2. The van der Waals surface area contributed by atoms with Gasteiger partial charge in [0.1, 0.15) is 11.6 Å². The normalized spacial score (nSPS) is 19.3. The molecule has 4 rings (SSSR count). The maximum atomic E-state index is 14.5. The summed E-state index contributed by atoms with van der Waals surface area (Å²) in [5, 5.41) is 1.29. The van der Waals surface area contributed by atoms with E-state index < -0.39 is 11.8 Å². The predicted molar refractivity (Wildman–Crippen MR) is 120 cm³/mol. The molecule has 2 fully saturated rings. The Kier molecular flexibility index (Phi) is 7.05. The van der Waals surface area contributed by atoms with Gasteiger partial charge in [0.05, 0.1) is 19.3 Å². The number of hydrogen-bond acceptors (Lipinski definition) is 4. The topological polar surface area (TPSA) is 38.8 Å². The van der Waals surface area contributed by atoms with E-state index in [9.17, 15) is 9.18 Å². The van der Waals surface area contributed by atoms with E-state index in [0.29, 0.717) is 34.2 Å². The van der Waals surface area contributed by atoms with Crippen molar-refractivity contribution >= 4 is 29.2 Å². The molecule has 2 aromatic carbocycles. The molecule has 2 aromatic rings. The summed E-state index contributed by atoms with van der Waals surface area (Å²) in [4.78, 5) is 14.2. The summed E-state index contributed by atoms with van der Waals surface area (Å²) >= 11 is 12.3. The molecule has 31 heavy (non-hydrogen) atoms. The van der Waals surface area contributed by atoms with E-state index in [-0.39, 0.29) is 5.56 Å². The SMILES string of the molecule is COC(=O)c1cc(C2CC2)c(OC[C@H]2CCCN(Cc3cc(Cl)cc(Cl)c3)C2)cc1F. The van der Waals surface area contributed by atoms with Crippen molar-refractivity contribution in [3.05, 3.63) is 62.9 Å². The van der Waals surface area contributed by atoms with Gasteiger partial charge < -0.3 is 9.47 Å². The van der Waals surface area contributed by atoms with Crippen molar-refractivity contribution < 1.29 is 18.7 Å². The fourth-order valence-corrected chi connectivity index (χ4v) is 4.85. The molecule has 166 valence electrons. The zero-order chi connectivity index (χ0) is 22.0. The van der Waals surface area contributed by atoms with Crippen LogP contribution < -0.4 is 4.74 Å². The number of nitrogens with zero attached hydrogens (tertiary/aromatic N) is 1. The van der Waals surface area contributed by atoms with E-state index >= 15 is 0 Å². The first-order valence-electron chi connectivity index (χ1n) is 10.6. The highest BCUT2D eigenvalue weighted by atomic mass is 35.5. The van der Waals surface area contributed by atoms with Crippen LogP contribution in [0.15, 0.2) is 30.3 Å². The van der Waals surface area contributed by atoms with Gasteiger partial charge in [-0.2, -0.15) is 0 Å².